The van der Waals surface area contributed by atoms with Gasteiger partial charge in [-0.15, -0.1) is 0 Å². The van der Waals surface area contributed by atoms with Crippen molar-refractivity contribution in [1.82, 2.24) is 10.2 Å². The van der Waals surface area contributed by atoms with Crippen LogP contribution >= 0.6 is 0 Å². The molecule has 0 aliphatic carbocycles. The zero-order valence-electron chi connectivity index (χ0n) is 13.3. The molecule has 1 amide bonds. The van der Waals surface area contributed by atoms with E-state index in [1.807, 2.05) is 44.4 Å². The Hall–Kier alpha value is -2.07. The number of carbonyl (C=O) groups is 1. The normalized spacial score (nSPS) is 12.3. The van der Waals surface area contributed by atoms with E-state index in [1.54, 1.807) is 6.26 Å². The summed E-state index contributed by atoms with van der Waals surface area (Å²) in [5.74, 6) is 0.917. The largest absolute Gasteiger partial charge is 0.469 e. The van der Waals surface area contributed by atoms with Crippen LogP contribution in [0.15, 0.2) is 53.1 Å². The molecule has 1 atom stereocenters. The zero-order chi connectivity index (χ0) is 15.8. The summed E-state index contributed by atoms with van der Waals surface area (Å²) in [7, 11) is 4.09. The number of likely N-dealkylation sites (N-methyl/N-ethyl adjacent to an activating group) is 1. The van der Waals surface area contributed by atoms with Crippen molar-refractivity contribution in [2.45, 2.75) is 25.3 Å². The molecule has 118 valence electrons. The van der Waals surface area contributed by atoms with Gasteiger partial charge in [0.15, 0.2) is 0 Å². The molecule has 0 aliphatic rings. The highest BCUT2D eigenvalue weighted by atomic mass is 16.3. The van der Waals surface area contributed by atoms with Gasteiger partial charge in [0.1, 0.15) is 5.76 Å². The molecule has 0 fully saturated rings. The first-order chi connectivity index (χ1) is 10.6. The van der Waals surface area contributed by atoms with Gasteiger partial charge in [0.25, 0.3) is 0 Å². The minimum Gasteiger partial charge on any atom is -0.469 e. The molecule has 1 aromatic heterocycles. The highest BCUT2D eigenvalue weighted by Gasteiger charge is 2.13. The van der Waals surface area contributed by atoms with Crippen molar-refractivity contribution in [1.29, 1.82) is 0 Å². The Morgan fingerprint density at radius 2 is 1.95 bits per heavy atom. The lowest BCUT2D eigenvalue weighted by atomic mass is 10.1. The molecule has 22 heavy (non-hydrogen) atoms. The fourth-order valence-corrected chi connectivity index (χ4v) is 2.34. The number of furan rings is 1. The topological polar surface area (TPSA) is 45.5 Å². The van der Waals surface area contributed by atoms with Gasteiger partial charge in [-0.2, -0.15) is 0 Å². The molecule has 0 spiro atoms. The van der Waals surface area contributed by atoms with Crippen LogP contribution in [0.3, 0.4) is 0 Å². The van der Waals surface area contributed by atoms with E-state index in [4.69, 9.17) is 4.42 Å². The van der Waals surface area contributed by atoms with Crippen LogP contribution in [0.5, 0.6) is 0 Å². The smallest absolute Gasteiger partial charge is 0.220 e. The summed E-state index contributed by atoms with van der Waals surface area (Å²) in [5.41, 5.74) is 1.28. The van der Waals surface area contributed by atoms with Gasteiger partial charge < -0.3 is 14.6 Å². The lowest BCUT2D eigenvalue weighted by molar-refractivity contribution is -0.121. The summed E-state index contributed by atoms with van der Waals surface area (Å²) >= 11 is 0. The summed E-state index contributed by atoms with van der Waals surface area (Å²) in [5, 5.41) is 3.02. The summed E-state index contributed by atoms with van der Waals surface area (Å²) < 4.78 is 5.24. The van der Waals surface area contributed by atoms with Crippen LogP contribution in [-0.4, -0.2) is 37.5 Å². The molecule has 0 saturated heterocycles. The fourth-order valence-electron chi connectivity index (χ4n) is 2.34. The maximum Gasteiger partial charge on any atom is 0.220 e. The second-order valence-corrected chi connectivity index (χ2v) is 5.69. The quantitative estimate of drug-likeness (QED) is 0.815. The van der Waals surface area contributed by atoms with E-state index in [-0.39, 0.29) is 11.9 Å². The third-order valence-electron chi connectivity index (χ3n) is 3.76. The van der Waals surface area contributed by atoms with Crippen molar-refractivity contribution in [3.05, 3.63) is 60.1 Å². The number of nitrogens with zero attached hydrogens (tertiary/aromatic N) is 1. The molecule has 0 saturated carbocycles. The zero-order valence-corrected chi connectivity index (χ0v) is 13.3. The number of rotatable bonds is 8. The maximum atomic E-state index is 11.9. The molecule has 2 rings (SSSR count). The second-order valence-electron chi connectivity index (χ2n) is 5.69. The van der Waals surface area contributed by atoms with Crippen LogP contribution in [0, 0.1) is 0 Å². The van der Waals surface area contributed by atoms with Crippen molar-refractivity contribution >= 4 is 5.91 Å². The van der Waals surface area contributed by atoms with Crippen LogP contribution in [0.4, 0.5) is 0 Å². The monoisotopic (exact) mass is 300 g/mol. The van der Waals surface area contributed by atoms with Crippen LogP contribution in [0.1, 0.15) is 17.7 Å². The van der Waals surface area contributed by atoms with E-state index in [9.17, 15) is 4.79 Å². The van der Waals surface area contributed by atoms with Crippen molar-refractivity contribution in [3.8, 4) is 0 Å². The van der Waals surface area contributed by atoms with Gasteiger partial charge in [-0.3, -0.25) is 4.79 Å². The Bertz CT molecular complexity index is 550. The van der Waals surface area contributed by atoms with E-state index in [0.29, 0.717) is 19.4 Å². The third-order valence-corrected chi connectivity index (χ3v) is 3.76. The molecule has 4 nitrogen and oxygen atoms in total. The molecular formula is C18H24N2O2. The Balaban J connectivity index is 1.77. The lowest BCUT2D eigenvalue weighted by Crippen LogP contribution is -2.41. The Morgan fingerprint density at radius 1 is 1.18 bits per heavy atom. The van der Waals surface area contributed by atoms with Gasteiger partial charge in [-0.05, 0) is 38.2 Å². The predicted molar refractivity (Wildman–Crippen MR) is 87.7 cm³/mol. The summed E-state index contributed by atoms with van der Waals surface area (Å²) in [6.07, 6.45) is 3.66. The number of hydrogen-bond donors (Lipinski definition) is 1. The van der Waals surface area contributed by atoms with Crippen molar-refractivity contribution in [2.75, 3.05) is 20.6 Å². The number of hydrogen-bond acceptors (Lipinski definition) is 3. The van der Waals surface area contributed by atoms with E-state index in [1.165, 1.54) is 5.56 Å². The first-order valence-electron chi connectivity index (χ1n) is 7.64. The van der Waals surface area contributed by atoms with Crippen LogP contribution < -0.4 is 5.32 Å². The van der Waals surface area contributed by atoms with Gasteiger partial charge >= 0.3 is 0 Å². The van der Waals surface area contributed by atoms with E-state index < -0.39 is 0 Å². The third kappa shape index (κ3) is 5.37. The van der Waals surface area contributed by atoms with Gasteiger partial charge in [-0.1, -0.05) is 30.3 Å². The highest BCUT2D eigenvalue weighted by Crippen LogP contribution is 2.07. The van der Waals surface area contributed by atoms with Gasteiger partial charge in [0.2, 0.25) is 5.91 Å². The number of amides is 1. The van der Waals surface area contributed by atoms with Gasteiger partial charge in [0, 0.05) is 25.4 Å². The number of aryl methyl sites for hydroxylation is 1. The average molecular weight is 300 g/mol. The number of nitrogens with one attached hydrogen (secondary N) is 1. The van der Waals surface area contributed by atoms with E-state index >= 15 is 0 Å². The fraction of sp³-hybridized carbons (Fsp3) is 0.389. The molecule has 0 radical (unpaired) electrons. The Labute approximate surface area is 132 Å². The van der Waals surface area contributed by atoms with Crippen molar-refractivity contribution in [2.24, 2.45) is 0 Å². The first kappa shape index (κ1) is 16.3. The Kier molecular flexibility index (Phi) is 6.22. The van der Waals surface area contributed by atoms with Crippen LogP contribution in [0.2, 0.25) is 0 Å². The number of carbonyl (C=O) groups excluding carboxylic acids is 1. The molecule has 1 N–H and O–H groups in total. The van der Waals surface area contributed by atoms with E-state index in [2.05, 4.69) is 22.3 Å². The summed E-state index contributed by atoms with van der Waals surface area (Å²) in [6.45, 7) is 0.652. The van der Waals surface area contributed by atoms with Crippen molar-refractivity contribution in [3.63, 3.8) is 0 Å². The van der Waals surface area contributed by atoms with Gasteiger partial charge in [-0.25, -0.2) is 0 Å². The molecule has 1 aromatic carbocycles. The Morgan fingerprint density at radius 3 is 2.59 bits per heavy atom. The average Bonchev–Trinajstić information content (AvgIpc) is 3.03. The summed E-state index contributed by atoms with van der Waals surface area (Å²) in [4.78, 5) is 14.1. The standard InChI is InChI=1S/C18H24N2O2/c1-20(2)16(13-15-7-4-3-5-8-15)14-19-18(21)11-10-17-9-6-12-22-17/h3-9,12,16H,10-11,13-14H2,1-2H3,(H,19,21). The molecular weight excluding hydrogens is 276 g/mol. The molecule has 0 bridgehead atoms. The van der Waals surface area contributed by atoms with Crippen LogP contribution in [0.25, 0.3) is 0 Å². The highest BCUT2D eigenvalue weighted by molar-refractivity contribution is 5.76. The maximum absolute atomic E-state index is 11.9. The van der Waals surface area contributed by atoms with E-state index in [0.717, 1.165) is 12.2 Å². The minimum atomic E-state index is 0.0660. The molecule has 0 aliphatic heterocycles. The van der Waals surface area contributed by atoms with Crippen LogP contribution in [-0.2, 0) is 17.6 Å². The first-order valence-corrected chi connectivity index (χ1v) is 7.64. The SMILES string of the molecule is CN(C)C(CNC(=O)CCc1ccco1)Cc1ccccc1. The second kappa shape index (κ2) is 8.39. The molecule has 1 unspecified atom stereocenters. The van der Waals surface area contributed by atoms with Gasteiger partial charge in [0.05, 0.1) is 6.26 Å². The molecule has 1 heterocycles. The predicted octanol–water partition coefficient (Wildman–Crippen LogP) is 2.50. The minimum absolute atomic E-state index is 0.0660. The molecule has 4 heteroatoms. The van der Waals surface area contributed by atoms with Crippen molar-refractivity contribution < 1.29 is 9.21 Å². The molecule has 2 aromatic rings. The summed E-state index contributed by atoms with van der Waals surface area (Å²) in [6, 6.07) is 14.4. The lowest BCUT2D eigenvalue weighted by Gasteiger charge is -2.24. The number of benzene rings is 1.